The fraction of sp³-hybridized carbons (Fsp3) is 0.292. The monoisotopic (exact) mass is 515 g/mol. The Morgan fingerprint density at radius 1 is 1.21 bits per heavy atom. The molecular weight excluding hydrogens is 493 g/mol. The second-order valence-electron chi connectivity index (χ2n) is 7.49. The zero-order chi connectivity index (χ0) is 23.8. The first-order valence-corrected chi connectivity index (χ1v) is 11.2. The number of benzene rings is 2. The molecule has 3 rings (SSSR count). The van der Waals surface area contributed by atoms with E-state index < -0.39 is 17.6 Å². The van der Waals surface area contributed by atoms with Crippen LogP contribution in [0.4, 0.5) is 10.1 Å². The second kappa shape index (κ2) is 11.5. The molecule has 2 amide bonds. The number of hydrogen-bond acceptors (Lipinski definition) is 5. The summed E-state index contributed by atoms with van der Waals surface area (Å²) in [5, 5.41) is 15.0. The van der Waals surface area contributed by atoms with E-state index in [-0.39, 0.29) is 18.2 Å². The number of anilines is 1. The van der Waals surface area contributed by atoms with Gasteiger partial charge >= 0.3 is 0 Å². The topological polar surface area (TPSA) is 100 Å². The van der Waals surface area contributed by atoms with Crippen molar-refractivity contribution >= 4 is 39.5 Å². The van der Waals surface area contributed by atoms with Gasteiger partial charge in [0.05, 0.1) is 7.11 Å². The predicted octanol–water partition coefficient (Wildman–Crippen LogP) is 4.58. The third-order valence-corrected chi connectivity index (χ3v) is 5.81. The molecule has 0 bridgehead atoms. The summed E-state index contributed by atoms with van der Waals surface area (Å²) >= 11 is 3.42. The Bertz CT molecular complexity index is 1090. The van der Waals surface area contributed by atoms with E-state index in [0.29, 0.717) is 27.2 Å². The molecule has 1 aliphatic rings. The highest BCUT2D eigenvalue weighted by Gasteiger charge is 2.20. The summed E-state index contributed by atoms with van der Waals surface area (Å²) in [4.78, 5) is 24.6. The third kappa shape index (κ3) is 6.80. The minimum Gasteiger partial charge on any atom is -0.493 e. The number of hydrogen-bond donors (Lipinski definition) is 2. The van der Waals surface area contributed by atoms with Crippen molar-refractivity contribution in [3.63, 3.8) is 0 Å². The Morgan fingerprint density at radius 2 is 1.91 bits per heavy atom. The molecule has 9 heteroatoms. The quantitative estimate of drug-likeness (QED) is 0.395. The first-order valence-electron chi connectivity index (χ1n) is 10.4. The number of nitrogens with zero attached hydrogens (tertiary/aromatic N) is 1. The van der Waals surface area contributed by atoms with Gasteiger partial charge in [-0.15, -0.1) is 0 Å². The highest BCUT2D eigenvalue weighted by molar-refractivity contribution is 9.10. The Balaban J connectivity index is 1.69. The summed E-state index contributed by atoms with van der Waals surface area (Å²) in [5.74, 6) is -0.618. The van der Waals surface area contributed by atoms with Crippen molar-refractivity contribution in [3.05, 3.63) is 57.8 Å². The SMILES string of the molecule is COc1cc(/C=C(/C#N)C(=O)NC2CCCC2)c(Br)cc1OCC(=O)Nc1ccc(F)cc1. The predicted molar refractivity (Wildman–Crippen MR) is 125 cm³/mol. The molecule has 0 atom stereocenters. The van der Waals surface area contributed by atoms with Gasteiger partial charge in [-0.25, -0.2) is 4.39 Å². The van der Waals surface area contributed by atoms with E-state index in [9.17, 15) is 19.2 Å². The summed E-state index contributed by atoms with van der Waals surface area (Å²) in [6.07, 6.45) is 5.46. The van der Waals surface area contributed by atoms with Crippen LogP contribution in [-0.4, -0.2) is 31.6 Å². The van der Waals surface area contributed by atoms with Crippen molar-refractivity contribution in [2.45, 2.75) is 31.7 Å². The van der Waals surface area contributed by atoms with Crippen LogP contribution >= 0.6 is 15.9 Å². The molecule has 0 aliphatic heterocycles. The first-order chi connectivity index (χ1) is 15.9. The first kappa shape index (κ1) is 24.3. The van der Waals surface area contributed by atoms with Crippen LogP contribution in [0.5, 0.6) is 11.5 Å². The van der Waals surface area contributed by atoms with Crippen molar-refractivity contribution in [2.24, 2.45) is 0 Å². The molecule has 2 aromatic rings. The van der Waals surface area contributed by atoms with Crippen molar-refractivity contribution in [1.82, 2.24) is 5.32 Å². The van der Waals surface area contributed by atoms with Crippen LogP contribution in [0.3, 0.4) is 0 Å². The van der Waals surface area contributed by atoms with Gasteiger partial charge in [0.15, 0.2) is 18.1 Å². The van der Waals surface area contributed by atoms with Crippen molar-refractivity contribution in [3.8, 4) is 17.6 Å². The molecule has 0 radical (unpaired) electrons. The van der Waals surface area contributed by atoms with Gasteiger partial charge in [0.2, 0.25) is 0 Å². The maximum absolute atomic E-state index is 13.0. The van der Waals surface area contributed by atoms with E-state index in [1.165, 1.54) is 37.5 Å². The Kier molecular flexibility index (Phi) is 8.44. The number of halogens is 2. The lowest BCUT2D eigenvalue weighted by Gasteiger charge is -2.14. The largest absolute Gasteiger partial charge is 0.493 e. The lowest BCUT2D eigenvalue weighted by atomic mass is 10.1. The molecule has 0 heterocycles. The third-order valence-electron chi connectivity index (χ3n) is 5.13. The zero-order valence-corrected chi connectivity index (χ0v) is 19.6. The average molecular weight is 516 g/mol. The van der Waals surface area contributed by atoms with Crippen molar-refractivity contribution < 1.29 is 23.5 Å². The van der Waals surface area contributed by atoms with Gasteiger partial charge in [-0.2, -0.15) is 5.26 Å². The number of ether oxygens (including phenoxy) is 2. The number of nitriles is 1. The molecule has 0 spiro atoms. The summed E-state index contributed by atoms with van der Waals surface area (Å²) in [7, 11) is 1.44. The summed E-state index contributed by atoms with van der Waals surface area (Å²) < 4.78 is 24.5. The van der Waals surface area contributed by atoms with Crippen molar-refractivity contribution in [1.29, 1.82) is 5.26 Å². The fourth-order valence-electron chi connectivity index (χ4n) is 3.44. The number of carbonyl (C=O) groups excluding carboxylic acids is 2. The van der Waals surface area contributed by atoms with E-state index in [4.69, 9.17) is 9.47 Å². The summed E-state index contributed by atoms with van der Waals surface area (Å²) in [6.45, 7) is -0.303. The highest BCUT2D eigenvalue weighted by atomic mass is 79.9. The number of methoxy groups -OCH3 is 1. The van der Waals surface area contributed by atoms with Gasteiger partial charge in [-0.3, -0.25) is 9.59 Å². The van der Waals surface area contributed by atoms with Crippen LogP contribution in [0.2, 0.25) is 0 Å². The maximum Gasteiger partial charge on any atom is 0.262 e. The molecule has 0 aromatic heterocycles. The van der Waals surface area contributed by atoms with E-state index in [1.807, 2.05) is 6.07 Å². The van der Waals surface area contributed by atoms with Gasteiger partial charge in [0, 0.05) is 16.2 Å². The second-order valence-corrected chi connectivity index (χ2v) is 8.35. The Hall–Kier alpha value is -3.38. The molecule has 1 fully saturated rings. The lowest BCUT2D eigenvalue weighted by molar-refractivity contribution is -0.118. The molecule has 0 unspecified atom stereocenters. The van der Waals surface area contributed by atoms with Crippen LogP contribution < -0.4 is 20.1 Å². The van der Waals surface area contributed by atoms with E-state index in [0.717, 1.165) is 25.7 Å². The zero-order valence-electron chi connectivity index (χ0n) is 18.0. The number of carbonyl (C=O) groups is 2. The standard InChI is InChI=1S/C24H23BrFN3O4/c1-32-21-11-15(10-16(13-27)24(31)29-18-4-2-3-5-18)20(25)12-22(21)33-14-23(30)28-19-8-6-17(26)7-9-19/h6-12,18H,2-5,14H2,1H3,(H,28,30)(H,29,31)/b16-10-. The molecule has 1 aliphatic carbocycles. The van der Waals surface area contributed by atoms with E-state index in [2.05, 4.69) is 26.6 Å². The maximum atomic E-state index is 13.0. The van der Waals surface area contributed by atoms with Gasteiger partial charge in [0.1, 0.15) is 17.5 Å². The number of rotatable bonds is 8. The van der Waals surface area contributed by atoms with Crippen LogP contribution in [-0.2, 0) is 9.59 Å². The van der Waals surface area contributed by atoms with Crippen molar-refractivity contribution in [2.75, 3.05) is 19.0 Å². The highest BCUT2D eigenvalue weighted by Crippen LogP contribution is 2.34. The Labute approximate surface area is 199 Å². The molecule has 172 valence electrons. The fourth-order valence-corrected chi connectivity index (χ4v) is 3.88. The molecule has 2 N–H and O–H groups in total. The number of nitrogens with one attached hydrogen (secondary N) is 2. The van der Waals surface area contributed by atoms with Crippen LogP contribution in [0.1, 0.15) is 31.2 Å². The smallest absolute Gasteiger partial charge is 0.262 e. The molecule has 1 saturated carbocycles. The molecule has 2 aromatic carbocycles. The van der Waals surface area contributed by atoms with Gasteiger partial charge in [0.25, 0.3) is 11.8 Å². The summed E-state index contributed by atoms with van der Waals surface area (Å²) in [5.41, 5.74) is 0.976. The normalized spacial score (nSPS) is 13.8. The minimum atomic E-state index is -0.431. The lowest BCUT2D eigenvalue weighted by Crippen LogP contribution is -2.33. The van der Waals surface area contributed by atoms with E-state index >= 15 is 0 Å². The van der Waals surface area contributed by atoms with Gasteiger partial charge in [-0.05, 0) is 60.9 Å². The van der Waals surface area contributed by atoms with Gasteiger partial charge in [-0.1, -0.05) is 28.8 Å². The Morgan fingerprint density at radius 3 is 2.55 bits per heavy atom. The van der Waals surface area contributed by atoms with Gasteiger partial charge < -0.3 is 20.1 Å². The molecule has 33 heavy (non-hydrogen) atoms. The van der Waals surface area contributed by atoms with Crippen LogP contribution in [0.25, 0.3) is 6.08 Å². The average Bonchev–Trinajstić information content (AvgIpc) is 3.31. The minimum absolute atomic E-state index is 0.0167. The molecular formula is C24H23BrFN3O4. The molecule has 7 nitrogen and oxygen atoms in total. The van der Waals surface area contributed by atoms with E-state index in [1.54, 1.807) is 12.1 Å². The van der Waals surface area contributed by atoms with Crippen LogP contribution in [0, 0.1) is 17.1 Å². The summed E-state index contributed by atoms with van der Waals surface area (Å²) in [6, 6.07) is 10.6. The van der Waals surface area contributed by atoms with Crippen LogP contribution in [0.15, 0.2) is 46.4 Å². The molecule has 0 saturated heterocycles. The number of amides is 2.